The normalized spacial score (nSPS) is 13.8. The molecule has 0 aliphatic heterocycles. The molecular formula is C31H19NO8. The van der Waals surface area contributed by atoms with Gasteiger partial charge >= 0.3 is 11.3 Å². The van der Waals surface area contributed by atoms with Gasteiger partial charge in [-0.05, 0) is 35.9 Å². The Bertz CT molecular complexity index is 1860. The highest BCUT2D eigenvalue weighted by atomic mass is 16.6. The molecule has 0 amide bonds. The summed E-state index contributed by atoms with van der Waals surface area (Å²) in [5.41, 5.74) is -0.306. The average molecular weight is 533 g/mol. The van der Waals surface area contributed by atoms with Crippen LogP contribution < -0.4 is 10.4 Å². The summed E-state index contributed by atoms with van der Waals surface area (Å²) in [6.45, 7) is 0. The average Bonchev–Trinajstić information content (AvgIpc) is 3.21. The predicted octanol–water partition coefficient (Wildman–Crippen LogP) is 6.03. The fraction of sp³-hybridized carbons (Fsp3) is 0.0645. The van der Waals surface area contributed by atoms with Gasteiger partial charge in [-0.15, -0.1) is 0 Å². The van der Waals surface area contributed by atoms with Crippen molar-refractivity contribution < 1.29 is 28.8 Å². The Morgan fingerprint density at radius 2 is 1.40 bits per heavy atom. The van der Waals surface area contributed by atoms with Crippen LogP contribution in [-0.2, 0) is 0 Å². The SMILES string of the molecule is O=C1c2ccccc2C(=O)C1C(c1ccc(Oc2ccccc2[N+](=O)[O-])cc1)c1c(O)c2ccccc2oc1=O. The van der Waals surface area contributed by atoms with E-state index in [4.69, 9.17) is 9.15 Å². The Balaban J connectivity index is 1.49. The summed E-state index contributed by atoms with van der Waals surface area (Å²) >= 11 is 0. The molecule has 40 heavy (non-hydrogen) atoms. The summed E-state index contributed by atoms with van der Waals surface area (Å²) < 4.78 is 11.2. The van der Waals surface area contributed by atoms with E-state index in [0.717, 1.165) is 0 Å². The highest BCUT2D eigenvalue weighted by Crippen LogP contribution is 2.44. The van der Waals surface area contributed by atoms with Gasteiger partial charge in [0.1, 0.15) is 17.1 Å². The summed E-state index contributed by atoms with van der Waals surface area (Å²) in [4.78, 5) is 51.2. The van der Waals surface area contributed by atoms with Gasteiger partial charge < -0.3 is 14.3 Å². The Labute approximate surface area is 226 Å². The molecular weight excluding hydrogens is 514 g/mol. The van der Waals surface area contributed by atoms with Crippen molar-refractivity contribution in [3.8, 4) is 17.2 Å². The maximum Gasteiger partial charge on any atom is 0.343 e. The largest absolute Gasteiger partial charge is 0.507 e. The van der Waals surface area contributed by atoms with Gasteiger partial charge in [0.15, 0.2) is 11.6 Å². The topological polar surface area (TPSA) is 137 Å². The number of nitro groups is 1. The maximum absolute atomic E-state index is 13.6. The van der Waals surface area contributed by atoms with Crippen LogP contribution in [0, 0.1) is 16.0 Å². The number of carbonyl (C=O) groups excluding carboxylic acids is 2. The Kier molecular flexibility index (Phi) is 5.96. The molecule has 0 spiro atoms. The van der Waals surface area contributed by atoms with Gasteiger partial charge in [-0.3, -0.25) is 19.7 Å². The van der Waals surface area contributed by atoms with Crippen LogP contribution in [0.25, 0.3) is 11.0 Å². The van der Waals surface area contributed by atoms with E-state index in [-0.39, 0.29) is 50.6 Å². The van der Waals surface area contributed by atoms with Crippen LogP contribution in [0.5, 0.6) is 17.2 Å². The molecule has 1 heterocycles. The van der Waals surface area contributed by atoms with Gasteiger partial charge in [-0.25, -0.2) is 4.79 Å². The minimum absolute atomic E-state index is 0.0289. The van der Waals surface area contributed by atoms with Crippen LogP contribution in [0.2, 0.25) is 0 Å². The summed E-state index contributed by atoms with van der Waals surface area (Å²) in [6.07, 6.45) is 0. The van der Waals surface area contributed by atoms with Gasteiger partial charge in [-0.2, -0.15) is 0 Å². The van der Waals surface area contributed by atoms with E-state index >= 15 is 0 Å². The fourth-order valence-corrected chi connectivity index (χ4v) is 5.18. The molecule has 4 aromatic carbocycles. The smallest absolute Gasteiger partial charge is 0.343 e. The van der Waals surface area contributed by atoms with E-state index in [1.54, 1.807) is 60.7 Å². The third-order valence-corrected chi connectivity index (χ3v) is 7.02. The summed E-state index contributed by atoms with van der Waals surface area (Å²) in [5, 5.41) is 22.9. The Morgan fingerprint density at radius 1 is 0.800 bits per heavy atom. The van der Waals surface area contributed by atoms with E-state index in [1.807, 2.05) is 0 Å². The van der Waals surface area contributed by atoms with Crippen molar-refractivity contribution in [2.75, 3.05) is 0 Å². The molecule has 0 bridgehead atoms. The van der Waals surface area contributed by atoms with Crippen molar-refractivity contribution in [1.82, 2.24) is 0 Å². The lowest BCUT2D eigenvalue weighted by molar-refractivity contribution is -0.385. The molecule has 1 aliphatic carbocycles. The minimum atomic E-state index is -1.32. The first-order chi connectivity index (χ1) is 19.3. The highest BCUT2D eigenvalue weighted by Gasteiger charge is 2.46. The number of Topliss-reactive ketones (excluding diaryl/α,β-unsaturated/α-hetero) is 2. The number of fused-ring (bicyclic) bond motifs is 2. The molecule has 1 unspecified atom stereocenters. The second-order valence-electron chi connectivity index (χ2n) is 9.27. The molecule has 0 saturated carbocycles. The van der Waals surface area contributed by atoms with Crippen LogP contribution in [0.3, 0.4) is 0 Å². The number of hydrogen-bond donors (Lipinski definition) is 1. The number of hydrogen-bond acceptors (Lipinski definition) is 8. The van der Waals surface area contributed by atoms with Crippen molar-refractivity contribution in [3.05, 3.63) is 140 Å². The number of nitrogens with zero attached hydrogens (tertiary/aromatic N) is 1. The number of para-hydroxylation sites is 3. The highest BCUT2D eigenvalue weighted by molar-refractivity contribution is 6.27. The van der Waals surface area contributed by atoms with Crippen molar-refractivity contribution in [2.24, 2.45) is 5.92 Å². The molecule has 1 N–H and O–H groups in total. The Morgan fingerprint density at radius 3 is 2.08 bits per heavy atom. The van der Waals surface area contributed by atoms with Gasteiger partial charge in [-0.1, -0.05) is 60.7 Å². The van der Waals surface area contributed by atoms with Crippen LogP contribution >= 0.6 is 0 Å². The first kappa shape index (κ1) is 24.7. The van der Waals surface area contributed by atoms with Crippen molar-refractivity contribution in [2.45, 2.75) is 5.92 Å². The number of ether oxygens (including phenoxy) is 1. The Hall–Kier alpha value is -5.57. The molecule has 0 fully saturated rings. The number of nitro benzene ring substituents is 1. The van der Waals surface area contributed by atoms with E-state index in [9.17, 15) is 29.6 Å². The molecule has 9 heteroatoms. The number of carbonyl (C=O) groups is 2. The van der Waals surface area contributed by atoms with Crippen LogP contribution in [0.4, 0.5) is 5.69 Å². The molecule has 5 aromatic rings. The van der Waals surface area contributed by atoms with Gasteiger partial charge in [0.25, 0.3) is 0 Å². The number of benzene rings is 4. The summed E-state index contributed by atoms with van der Waals surface area (Å²) in [7, 11) is 0. The zero-order valence-electron chi connectivity index (χ0n) is 20.6. The lowest BCUT2D eigenvalue weighted by Gasteiger charge is -2.23. The number of rotatable bonds is 6. The monoisotopic (exact) mass is 533 g/mol. The van der Waals surface area contributed by atoms with Crippen molar-refractivity contribution >= 4 is 28.2 Å². The number of aromatic hydroxyl groups is 1. The summed E-state index contributed by atoms with van der Waals surface area (Å²) in [5.74, 6) is -3.56. The van der Waals surface area contributed by atoms with E-state index in [2.05, 4.69) is 0 Å². The maximum atomic E-state index is 13.6. The minimum Gasteiger partial charge on any atom is -0.507 e. The molecule has 0 saturated heterocycles. The van der Waals surface area contributed by atoms with Crippen LogP contribution in [-0.4, -0.2) is 21.6 Å². The van der Waals surface area contributed by atoms with Gasteiger partial charge in [0, 0.05) is 23.1 Å². The van der Waals surface area contributed by atoms with Crippen molar-refractivity contribution in [1.29, 1.82) is 0 Å². The van der Waals surface area contributed by atoms with E-state index in [0.29, 0.717) is 5.56 Å². The van der Waals surface area contributed by atoms with Crippen LogP contribution in [0.15, 0.2) is 106 Å². The first-order valence-electron chi connectivity index (χ1n) is 12.3. The second kappa shape index (κ2) is 9.63. The van der Waals surface area contributed by atoms with E-state index in [1.165, 1.54) is 36.4 Å². The van der Waals surface area contributed by atoms with Gasteiger partial charge in [0.05, 0.1) is 21.8 Å². The van der Waals surface area contributed by atoms with E-state index < -0.39 is 34.0 Å². The zero-order chi connectivity index (χ0) is 28.0. The quantitative estimate of drug-likeness (QED) is 0.121. The predicted molar refractivity (Wildman–Crippen MR) is 144 cm³/mol. The van der Waals surface area contributed by atoms with Crippen LogP contribution in [0.1, 0.15) is 37.8 Å². The lowest BCUT2D eigenvalue weighted by atomic mass is 9.78. The summed E-state index contributed by atoms with van der Waals surface area (Å²) in [6, 6.07) is 24.8. The zero-order valence-corrected chi connectivity index (χ0v) is 20.6. The molecule has 196 valence electrons. The van der Waals surface area contributed by atoms with Gasteiger partial charge in [0.2, 0.25) is 5.75 Å². The second-order valence-corrected chi connectivity index (χ2v) is 9.27. The molecule has 1 atom stereocenters. The molecule has 1 aromatic heterocycles. The fourth-order valence-electron chi connectivity index (χ4n) is 5.18. The third-order valence-electron chi connectivity index (χ3n) is 7.02. The first-order valence-corrected chi connectivity index (χ1v) is 12.3. The molecule has 9 nitrogen and oxygen atoms in total. The third kappa shape index (κ3) is 4.01. The molecule has 1 aliphatic rings. The number of ketones is 2. The lowest BCUT2D eigenvalue weighted by Crippen LogP contribution is -2.28. The van der Waals surface area contributed by atoms with Crippen molar-refractivity contribution in [3.63, 3.8) is 0 Å². The standard InChI is InChI=1S/C31H19NO8/c33-28-19-7-1-2-8-20(19)29(34)26(28)25(27-30(35)21-9-3-5-11-23(21)40-31(27)36)17-13-15-18(16-14-17)39-24-12-6-4-10-22(24)32(37)38/h1-16,25-26,35H. The molecule has 6 rings (SSSR count). The molecule has 0 radical (unpaired) electrons.